The molecule has 1 aromatic rings. The second kappa shape index (κ2) is 4.51. The molecule has 0 aliphatic carbocycles. The van der Waals surface area contributed by atoms with E-state index in [9.17, 15) is 13.2 Å². The van der Waals surface area contributed by atoms with E-state index in [0.717, 1.165) is 12.1 Å². The Morgan fingerprint density at radius 2 is 2.07 bits per heavy atom. The molecule has 1 aromatic carbocycles. The predicted octanol–water partition coefficient (Wildman–Crippen LogP) is 2.34. The molecule has 5 heteroatoms. The highest BCUT2D eigenvalue weighted by Gasteiger charge is 2.05. The minimum Gasteiger partial charge on any atom is -0.487 e. The summed E-state index contributed by atoms with van der Waals surface area (Å²) in [4.78, 5) is 0. The van der Waals surface area contributed by atoms with Crippen LogP contribution in [0.2, 0.25) is 0 Å². The quantitative estimate of drug-likeness (QED) is 0.751. The van der Waals surface area contributed by atoms with Gasteiger partial charge in [-0.3, -0.25) is 0 Å². The Balaban J connectivity index is 2.78. The van der Waals surface area contributed by atoms with Gasteiger partial charge in [-0.25, -0.2) is 13.2 Å². The van der Waals surface area contributed by atoms with Gasteiger partial charge in [0.2, 0.25) is 0 Å². The topological polar surface area (TPSA) is 33.0 Å². The highest BCUT2D eigenvalue weighted by molar-refractivity contribution is 5.36. The van der Waals surface area contributed by atoms with E-state index in [0.29, 0.717) is 0 Å². The van der Waals surface area contributed by atoms with Crippen molar-refractivity contribution < 1.29 is 17.9 Å². The third-order valence-electron chi connectivity index (χ3n) is 1.38. The Hall–Kier alpha value is -1.70. The fourth-order valence-corrected chi connectivity index (χ4v) is 0.870. The maximum Gasteiger partial charge on any atom is 0.272 e. The van der Waals surface area contributed by atoms with Crippen LogP contribution in [0.25, 0.3) is 0 Å². The number of benzene rings is 1. The minimum absolute atomic E-state index is 0.0364. The Bertz CT molecular complexity index is 360. The number of rotatable bonds is 3. The summed E-state index contributed by atoms with van der Waals surface area (Å²) in [6.45, 7) is -0.811. The van der Waals surface area contributed by atoms with Gasteiger partial charge in [0, 0.05) is 6.07 Å². The Morgan fingerprint density at radius 1 is 1.36 bits per heavy atom. The van der Waals surface area contributed by atoms with E-state index in [4.69, 9.17) is 5.26 Å². The van der Waals surface area contributed by atoms with Crippen molar-refractivity contribution in [3.05, 3.63) is 29.6 Å². The Morgan fingerprint density at radius 3 is 2.64 bits per heavy atom. The van der Waals surface area contributed by atoms with Gasteiger partial charge in [-0.1, -0.05) is 0 Å². The highest BCUT2D eigenvalue weighted by atomic mass is 19.3. The van der Waals surface area contributed by atoms with Gasteiger partial charge in [0.15, 0.2) is 0 Å². The van der Waals surface area contributed by atoms with Crippen LogP contribution in [0.15, 0.2) is 18.2 Å². The molecule has 0 bridgehead atoms. The summed E-state index contributed by atoms with van der Waals surface area (Å²) in [6, 6.07) is 4.83. The molecular weight excluding hydrogens is 195 g/mol. The number of hydrogen-bond acceptors (Lipinski definition) is 2. The number of ether oxygens (including phenoxy) is 1. The first-order valence-electron chi connectivity index (χ1n) is 3.73. The second-order valence-corrected chi connectivity index (χ2v) is 2.49. The average Bonchev–Trinajstić information content (AvgIpc) is 2.14. The lowest BCUT2D eigenvalue weighted by molar-refractivity contribution is 0.0817. The van der Waals surface area contributed by atoms with Crippen molar-refractivity contribution in [1.29, 1.82) is 5.26 Å². The number of nitriles is 1. The molecule has 0 aliphatic heterocycles. The zero-order valence-electron chi connectivity index (χ0n) is 7.01. The van der Waals surface area contributed by atoms with E-state index >= 15 is 0 Å². The van der Waals surface area contributed by atoms with E-state index in [2.05, 4.69) is 4.74 Å². The number of nitrogens with zero attached hydrogens (tertiary/aromatic N) is 1. The summed E-state index contributed by atoms with van der Waals surface area (Å²) in [5.41, 5.74) is 0.0364. The van der Waals surface area contributed by atoms with Crippen LogP contribution in [0.3, 0.4) is 0 Å². The van der Waals surface area contributed by atoms with Gasteiger partial charge < -0.3 is 4.74 Å². The van der Waals surface area contributed by atoms with Crippen molar-refractivity contribution in [2.75, 3.05) is 6.61 Å². The third-order valence-corrected chi connectivity index (χ3v) is 1.38. The van der Waals surface area contributed by atoms with Crippen LogP contribution in [0.4, 0.5) is 13.2 Å². The van der Waals surface area contributed by atoms with E-state index in [1.54, 1.807) is 6.07 Å². The Kier molecular flexibility index (Phi) is 3.35. The largest absolute Gasteiger partial charge is 0.487 e. The minimum atomic E-state index is -2.62. The maximum atomic E-state index is 12.7. The smallest absolute Gasteiger partial charge is 0.272 e. The summed E-state index contributed by atoms with van der Waals surface area (Å²) in [6.07, 6.45) is -2.62. The first-order valence-corrected chi connectivity index (χ1v) is 3.73. The third kappa shape index (κ3) is 2.98. The monoisotopic (exact) mass is 201 g/mol. The van der Waals surface area contributed by atoms with Gasteiger partial charge in [0.05, 0.1) is 11.6 Å². The van der Waals surface area contributed by atoms with Crippen LogP contribution in [0, 0.1) is 17.1 Å². The molecule has 0 saturated carbocycles. The zero-order valence-corrected chi connectivity index (χ0v) is 7.01. The second-order valence-electron chi connectivity index (χ2n) is 2.49. The lowest BCUT2D eigenvalue weighted by Crippen LogP contribution is -2.07. The van der Waals surface area contributed by atoms with Crippen molar-refractivity contribution in [2.45, 2.75) is 6.43 Å². The van der Waals surface area contributed by atoms with Crippen LogP contribution < -0.4 is 4.74 Å². The molecule has 0 aliphatic rings. The standard InChI is InChI=1S/C9H6F3NO/c10-7-1-6(4-13)2-8(3-7)14-5-9(11)12/h1-3,9H,5H2. The van der Waals surface area contributed by atoms with Crippen molar-refractivity contribution in [1.82, 2.24) is 0 Å². The first kappa shape index (κ1) is 10.4. The van der Waals surface area contributed by atoms with Crippen molar-refractivity contribution in [2.24, 2.45) is 0 Å². The van der Waals surface area contributed by atoms with Crippen molar-refractivity contribution >= 4 is 0 Å². The van der Waals surface area contributed by atoms with Crippen LogP contribution in [-0.2, 0) is 0 Å². The van der Waals surface area contributed by atoms with E-state index in [1.165, 1.54) is 6.07 Å². The van der Waals surface area contributed by atoms with Crippen LogP contribution >= 0.6 is 0 Å². The molecule has 1 rings (SSSR count). The molecular formula is C9H6F3NO. The predicted molar refractivity (Wildman–Crippen MR) is 42.6 cm³/mol. The lowest BCUT2D eigenvalue weighted by atomic mass is 10.2. The summed E-state index contributed by atoms with van der Waals surface area (Å²) >= 11 is 0. The molecule has 0 unspecified atom stereocenters. The van der Waals surface area contributed by atoms with Gasteiger partial charge in [-0.05, 0) is 12.1 Å². The molecule has 0 fully saturated rings. The molecule has 74 valence electrons. The van der Waals surface area contributed by atoms with Gasteiger partial charge >= 0.3 is 0 Å². The van der Waals surface area contributed by atoms with Crippen LogP contribution in [0.5, 0.6) is 5.75 Å². The first-order chi connectivity index (χ1) is 6.61. The summed E-state index contributed by atoms with van der Waals surface area (Å²) < 4.78 is 40.7. The summed E-state index contributed by atoms with van der Waals surface area (Å²) in [5.74, 6) is -0.754. The molecule has 2 nitrogen and oxygen atoms in total. The molecule has 0 spiro atoms. The number of hydrogen-bond donors (Lipinski definition) is 0. The van der Waals surface area contributed by atoms with Crippen molar-refractivity contribution in [3.63, 3.8) is 0 Å². The average molecular weight is 201 g/mol. The lowest BCUT2D eigenvalue weighted by Gasteiger charge is -2.05. The summed E-state index contributed by atoms with van der Waals surface area (Å²) in [5, 5.41) is 8.44. The molecule has 0 atom stereocenters. The number of alkyl halides is 2. The normalized spacial score (nSPS) is 9.93. The van der Waals surface area contributed by atoms with Crippen molar-refractivity contribution in [3.8, 4) is 11.8 Å². The maximum absolute atomic E-state index is 12.7. The fraction of sp³-hybridized carbons (Fsp3) is 0.222. The molecule has 0 saturated heterocycles. The zero-order chi connectivity index (χ0) is 10.6. The van der Waals surface area contributed by atoms with Gasteiger partial charge in [0.1, 0.15) is 18.2 Å². The summed E-state index contributed by atoms with van der Waals surface area (Å²) in [7, 11) is 0. The van der Waals surface area contributed by atoms with Gasteiger partial charge in [-0.2, -0.15) is 5.26 Å². The van der Waals surface area contributed by atoms with E-state index in [-0.39, 0.29) is 11.3 Å². The Labute approximate surface area is 78.5 Å². The highest BCUT2D eigenvalue weighted by Crippen LogP contribution is 2.16. The molecule has 0 radical (unpaired) electrons. The van der Waals surface area contributed by atoms with E-state index in [1.807, 2.05) is 0 Å². The molecule has 14 heavy (non-hydrogen) atoms. The van der Waals surface area contributed by atoms with Gasteiger partial charge in [0.25, 0.3) is 6.43 Å². The molecule has 0 amide bonds. The molecule has 0 aromatic heterocycles. The fourth-order valence-electron chi connectivity index (χ4n) is 0.870. The van der Waals surface area contributed by atoms with E-state index < -0.39 is 18.8 Å². The van der Waals surface area contributed by atoms with Gasteiger partial charge in [-0.15, -0.1) is 0 Å². The molecule has 0 N–H and O–H groups in total. The van der Waals surface area contributed by atoms with Crippen LogP contribution in [-0.4, -0.2) is 13.0 Å². The number of halogens is 3. The SMILES string of the molecule is N#Cc1cc(F)cc(OCC(F)F)c1. The molecule has 0 heterocycles. The van der Waals surface area contributed by atoms with Crippen LogP contribution in [0.1, 0.15) is 5.56 Å².